The molecule has 1 aromatic heterocycles. The van der Waals surface area contributed by atoms with Crippen molar-refractivity contribution in [3.63, 3.8) is 0 Å². The maximum absolute atomic E-state index is 11.4. The van der Waals surface area contributed by atoms with E-state index in [1.165, 1.54) is 13.2 Å². The number of pyridine rings is 1. The number of esters is 1. The first kappa shape index (κ1) is 13.5. The number of hydrogen-bond acceptors (Lipinski definition) is 6. The summed E-state index contributed by atoms with van der Waals surface area (Å²) in [5.74, 6) is -0.577. The molecule has 0 fully saturated rings. The van der Waals surface area contributed by atoms with Crippen molar-refractivity contribution >= 4 is 11.7 Å². The first-order chi connectivity index (χ1) is 9.61. The molecule has 102 valence electrons. The predicted molar refractivity (Wildman–Crippen MR) is 68.7 cm³/mol. The molecule has 1 heterocycles. The molecule has 0 unspecified atom stereocenters. The first-order valence-electron chi connectivity index (χ1n) is 5.58. The van der Waals surface area contributed by atoms with Gasteiger partial charge in [0.1, 0.15) is 5.75 Å². The van der Waals surface area contributed by atoms with E-state index in [1.54, 1.807) is 30.3 Å². The topological polar surface area (TPSA) is 91.6 Å². The summed E-state index contributed by atoms with van der Waals surface area (Å²) < 4.78 is 9.86. The zero-order chi connectivity index (χ0) is 14.5. The largest absolute Gasteiger partial charge is 0.464 e. The number of methoxy groups -OCH3 is 1. The average Bonchev–Trinajstić information content (AvgIpc) is 2.47. The van der Waals surface area contributed by atoms with Gasteiger partial charge in [0.05, 0.1) is 12.0 Å². The van der Waals surface area contributed by atoms with E-state index >= 15 is 0 Å². The van der Waals surface area contributed by atoms with E-state index in [2.05, 4.69) is 9.72 Å². The van der Waals surface area contributed by atoms with Crippen molar-refractivity contribution in [2.75, 3.05) is 7.11 Å². The molecule has 1 aromatic carbocycles. The highest BCUT2D eigenvalue weighted by atomic mass is 16.6. The fraction of sp³-hybridized carbons (Fsp3) is 0.0769. The van der Waals surface area contributed by atoms with Gasteiger partial charge in [-0.1, -0.05) is 18.2 Å². The molecular weight excluding hydrogens is 264 g/mol. The van der Waals surface area contributed by atoms with E-state index in [1.807, 2.05) is 0 Å². The van der Waals surface area contributed by atoms with Crippen LogP contribution in [0.25, 0.3) is 0 Å². The third-order valence-corrected chi connectivity index (χ3v) is 2.39. The second kappa shape index (κ2) is 5.79. The molecule has 0 saturated carbocycles. The number of carbonyl (C=O) groups is 1. The lowest BCUT2D eigenvalue weighted by Gasteiger charge is -2.06. The van der Waals surface area contributed by atoms with Crippen molar-refractivity contribution in [3.8, 4) is 11.6 Å². The molecule has 7 heteroatoms. The van der Waals surface area contributed by atoms with Gasteiger partial charge < -0.3 is 9.47 Å². The van der Waals surface area contributed by atoms with E-state index < -0.39 is 10.9 Å². The normalized spacial score (nSPS) is 9.85. The molecule has 0 spiro atoms. The van der Waals surface area contributed by atoms with Gasteiger partial charge in [-0.05, 0) is 18.2 Å². The molecule has 0 aliphatic rings. The minimum Gasteiger partial charge on any atom is -0.464 e. The number of carbonyl (C=O) groups excluding carboxylic acids is 1. The Morgan fingerprint density at radius 3 is 2.50 bits per heavy atom. The molecule has 7 nitrogen and oxygen atoms in total. The summed E-state index contributed by atoms with van der Waals surface area (Å²) >= 11 is 0. The van der Waals surface area contributed by atoms with Crippen LogP contribution in [0.15, 0.2) is 42.5 Å². The maximum atomic E-state index is 11.4. The fourth-order valence-corrected chi connectivity index (χ4v) is 1.47. The smallest absolute Gasteiger partial charge is 0.356 e. The van der Waals surface area contributed by atoms with Crippen LogP contribution in [0.2, 0.25) is 0 Å². The van der Waals surface area contributed by atoms with Gasteiger partial charge in [0.25, 0.3) is 5.88 Å². The van der Waals surface area contributed by atoms with Gasteiger partial charge in [-0.2, -0.15) is 4.98 Å². The molecule has 0 N–H and O–H groups in total. The van der Waals surface area contributed by atoms with Crippen molar-refractivity contribution in [1.29, 1.82) is 0 Å². The highest BCUT2D eigenvalue weighted by molar-refractivity contribution is 5.87. The number of aromatic nitrogens is 1. The fourth-order valence-electron chi connectivity index (χ4n) is 1.47. The van der Waals surface area contributed by atoms with Gasteiger partial charge in [0.15, 0.2) is 5.69 Å². The summed E-state index contributed by atoms with van der Waals surface area (Å²) in [6, 6.07) is 10.8. The number of para-hydroxylation sites is 1. The van der Waals surface area contributed by atoms with Crippen molar-refractivity contribution in [2.24, 2.45) is 0 Å². The van der Waals surface area contributed by atoms with Crippen LogP contribution in [0.5, 0.6) is 11.6 Å². The van der Waals surface area contributed by atoms with Gasteiger partial charge in [-0.3, -0.25) is 10.1 Å². The Morgan fingerprint density at radius 2 is 1.90 bits per heavy atom. The second-order valence-electron chi connectivity index (χ2n) is 3.68. The standard InChI is InChI=1S/C13H10N2O5/c1-19-13(16)10-7-8-11(15(17)18)12(14-10)20-9-5-3-2-4-6-9/h2-8H,1H3. The summed E-state index contributed by atoms with van der Waals surface area (Å²) in [4.78, 5) is 25.5. The summed E-state index contributed by atoms with van der Waals surface area (Å²) in [5, 5.41) is 10.9. The lowest BCUT2D eigenvalue weighted by Crippen LogP contribution is -2.06. The lowest BCUT2D eigenvalue weighted by molar-refractivity contribution is -0.386. The Kier molecular flexibility index (Phi) is 3.90. The van der Waals surface area contributed by atoms with Crippen molar-refractivity contribution < 1.29 is 19.2 Å². The monoisotopic (exact) mass is 274 g/mol. The summed E-state index contributed by atoms with van der Waals surface area (Å²) in [7, 11) is 1.20. The summed E-state index contributed by atoms with van der Waals surface area (Å²) in [6.07, 6.45) is 0. The van der Waals surface area contributed by atoms with Gasteiger partial charge >= 0.3 is 11.7 Å². The highest BCUT2D eigenvalue weighted by Gasteiger charge is 2.21. The molecule has 0 radical (unpaired) electrons. The zero-order valence-electron chi connectivity index (χ0n) is 10.5. The van der Waals surface area contributed by atoms with Gasteiger partial charge in [0, 0.05) is 6.07 Å². The number of nitrogens with zero attached hydrogens (tertiary/aromatic N) is 2. The minimum absolute atomic E-state index is 0.0657. The second-order valence-corrected chi connectivity index (χ2v) is 3.68. The van der Waals surface area contributed by atoms with Crippen LogP contribution in [0.1, 0.15) is 10.5 Å². The van der Waals surface area contributed by atoms with Crippen LogP contribution in [0.4, 0.5) is 5.69 Å². The number of nitro groups is 1. The molecule has 0 amide bonds. The zero-order valence-corrected chi connectivity index (χ0v) is 10.5. The average molecular weight is 274 g/mol. The molecule has 20 heavy (non-hydrogen) atoms. The van der Waals surface area contributed by atoms with Crippen molar-refractivity contribution in [3.05, 3.63) is 58.3 Å². The van der Waals surface area contributed by atoms with E-state index in [0.29, 0.717) is 5.75 Å². The van der Waals surface area contributed by atoms with Crippen LogP contribution in [-0.2, 0) is 4.74 Å². The van der Waals surface area contributed by atoms with Crippen LogP contribution < -0.4 is 4.74 Å². The van der Waals surface area contributed by atoms with Crippen LogP contribution in [0, 0.1) is 10.1 Å². The van der Waals surface area contributed by atoms with Crippen LogP contribution >= 0.6 is 0 Å². The van der Waals surface area contributed by atoms with Crippen molar-refractivity contribution in [1.82, 2.24) is 4.98 Å². The quantitative estimate of drug-likeness (QED) is 0.483. The molecule has 2 aromatic rings. The molecule has 0 saturated heterocycles. The third-order valence-electron chi connectivity index (χ3n) is 2.39. The number of benzene rings is 1. The molecular formula is C13H10N2O5. The Balaban J connectivity index is 2.42. The lowest BCUT2D eigenvalue weighted by atomic mass is 10.3. The van der Waals surface area contributed by atoms with E-state index in [0.717, 1.165) is 6.07 Å². The number of ether oxygens (including phenoxy) is 2. The number of rotatable bonds is 4. The Hall–Kier alpha value is -2.96. The van der Waals surface area contributed by atoms with Crippen LogP contribution in [-0.4, -0.2) is 23.0 Å². The van der Waals surface area contributed by atoms with E-state index in [9.17, 15) is 14.9 Å². The molecule has 0 atom stereocenters. The molecule has 2 rings (SSSR count). The number of hydrogen-bond donors (Lipinski definition) is 0. The highest BCUT2D eigenvalue weighted by Crippen LogP contribution is 2.29. The molecule has 0 aliphatic heterocycles. The van der Waals surface area contributed by atoms with Crippen LogP contribution in [0.3, 0.4) is 0 Å². The molecule has 0 aliphatic carbocycles. The van der Waals surface area contributed by atoms with Gasteiger partial charge in [-0.15, -0.1) is 0 Å². The van der Waals surface area contributed by atoms with E-state index in [4.69, 9.17) is 4.74 Å². The summed E-state index contributed by atoms with van der Waals surface area (Å²) in [5.41, 5.74) is -0.398. The SMILES string of the molecule is COC(=O)c1ccc([N+](=O)[O-])c(Oc2ccccc2)n1. The van der Waals surface area contributed by atoms with Gasteiger partial charge in [0.2, 0.25) is 0 Å². The third kappa shape index (κ3) is 2.89. The van der Waals surface area contributed by atoms with E-state index in [-0.39, 0.29) is 17.3 Å². The Labute approximate surface area is 113 Å². The maximum Gasteiger partial charge on any atom is 0.356 e. The van der Waals surface area contributed by atoms with Gasteiger partial charge in [-0.25, -0.2) is 4.79 Å². The molecule has 0 bridgehead atoms. The summed E-state index contributed by atoms with van der Waals surface area (Å²) in [6.45, 7) is 0. The Bertz CT molecular complexity index is 642. The Morgan fingerprint density at radius 1 is 1.20 bits per heavy atom. The van der Waals surface area contributed by atoms with Crippen molar-refractivity contribution in [2.45, 2.75) is 0 Å². The predicted octanol–water partition coefficient (Wildman–Crippen LogP) is 2.57. The first-order valence-corrected chi connectivity index (χ1v) is 5.58. The minimum atomic E-state index is -0.696.